The molecule has 0 bridgehead atoms. The predicted molar refractivity (Wildman–Crippen MR) is 112 cm³/mol. The predicted octanol–water partition coefficient (Wildman–Crippen LogP) is 4.30. The molecule has 2 aromatic rings. The van der Waals surface area contributed by atoms with Crippen LogP contribution in [-0.2, 0) is 6.42 Å². The number of H-pyrrole nitrogens is 1. The Morgan fingerprint density at radius 2 is 2.10 bits per heavy atom. The summed E-state index contributed by atoms with van der Waals surface area (Å²) in [6.45, 7) is 2.14. The number of unbranched alkanes of at least 4 members (excludes halogenated alkanes) is 1. The molecule has 2 heterocycles. The van der Waals surface area contributed by atoms with Crippen molar-refractivity contribution in [2.75, 3.05) is 7.11 Å². The molecule has 0 radical (unpaired) electrons. The molecular weight excluding hydrogens is 380 g/mol. The number of hydrogen-bond donors (Lipinski definition) is 2. The summed E-state index contributed by atoms with van der Waals surface area (Å²) in [6, 6.07) is 8.09. The van der Waals surface area contributed by atoms with Crippen molar-refractivity contribution >= 4 is 0 Å². The molecule has 158 valence electrons. The molecule has 7 nitrogen and oxygen atoms in total. The Balaban J connectivity index is 1.74. The number of allylic oxidation sites excluding steroid dienone is 1. The number of aryl methyl sites for hydroxylation is 1. The lowest BCUT2D eigenvalue weighted by atomic mass is 9.83. The van der Waals surface area contributed by atoms with E-state index in [4.69, 9.17) is 19.9 Å². The smallest absolute Gasteiger partial charge is 0.244 e. The second-order valence-electron chi connectivity index (χ2n) is 7.88. The molecule has 1 aromatic carbocycles. The number of nitrogens with two attached hydrogens (primary N) is 1. The normalized spacial score (nSPS) is 18.6. The number of nitrogens with zero attached hydrogens (tertiary/aromatic N) is 2. The Morgan fingerprint density at radius 3 is 2.80 bits per heavy atom. The molecule has 0 unspecified atom stereocenters. The maximum atomic E-state index is 9.84. The number of fused-ring (bicyclic) bond motifs is 1. The molecule has 7 heteroatoms. The minimum absolute atomic E-state index is 0.0915. The Kier molecular flexibility index (Phi) is 5.84. The zero-order valence-corrected chi connectivity index (χ0v) is 17.5. The first-order chi connectivity index (χ1) is 14.7. The van der Waals surface area contributed by atoms with Gasteiger partial charge in [-0.15, -0.1) is 5.10 Å². The summed E-state index contributed by atoms with van der Waals surface area (Å²) in [5, 5.41) is 17.2. The second kappa shape index (κ2) is 8.70. The number of methoxy groups -OCH3 is 1. The number of benzene rings is 1. The van der Waals surface area contributed by atoms with Gasteiger partial charge in [0.1, 0.15) is 11.6 Å². The van der Waals surface area contributed by atoms with E-state index in [1.165, 1.54) is 12.8 Å². The van der Waals surface area contributed by atoms with Crippen molar-refractivity contribution < 1.29 is 14.2 Å². The van der Waals surface area contributed by atoms with Gasteiger partial charge in [0.15, 0.2) is 11.5 Å². The summed E-state index contributed by atoms with van der Waals surface area (Å²) in [6.07, 6.45) is 7.68. The lowest BCUT2D eigenvalue weighted by Gasteiger charge is -2.25. The molecule has 1 fully saturated rings. The fraction of sp³-hybridized carbons (Fsp3) is 0.478. The highest BCUT2D eigenvalue weighted by molar-refractivity contribution is 5.57. The minimum Gasteiger partial charge on any atom is -0.493 e. The number of rotatable bonds is 7. The standard InChI is InChI=1S/C23H28N4O3/c1-3-4-9-17-21-20(16(13-24)22(25)30-23(21)27-26-17)14-10-11-18(19(12-14)28-2)29-15-7-5-6-8-15/h10-12,15,20H,3-9,25H2,1-2H3,(H,26,27)/t20-/m0/s1. The Labute approximate surface area is 176 Å². The quantitative estimate of drug-likeness (QED) is 0.707. The van der Waals surface area contributed by atoms with E-state index >= 15 is 0 Å². The van der Waals surface area contributed by atoms with Gasteiger partial charge in [0.25, 0.3) is 0 Å². The number of aromatic nitrogens is 2. The molecule has 0 amide bonds. The fourth-order valence-electron chi connectivity index (χ4n) is 4.33. The van der Waals surface area contributed by atoms with Gasteiger partial charge in [0.05, 0.1) is 19.1 Å². The summed E-state index contributed by atoms with van der Waals surface area (Å²) in [5.74, 6) is 1.55. The van der Waals surface area contributed by atoms with Crippen molar-refractivity contribution in [1.29, 1.82) is 5.26 Å². The van der Waals surface area contributed by atoms with Crippen LogP contribution in [0.1, 0.15) is 68.2 Å². The highest BCUT2D eigenvalue weighted by atomic mass is 16.5. The van der Waals surface area contributed by atoms with E-state index in [0.29, 0.717) is 17.2 Å². The Hall–Kier alpha value is -3.14. The zero-order valence-electron chi connectivity index (χ0n) is 17.5. The third-order valence-corrected chi connectivity index (χ3v) is 5.92. The van der Waals surface area contributed by atoms with Gasteiger partial charge in [-0.2, -0.15) is 5.26 Å². The molecule has 1 aliphatic carbocycles. The van der Waals surface area contributed by atoms with Gasteiger partial charge < -0.3 is 19.9 Å². The number of ether oxygens (including phenoxy) is 3. The molecule has 1 aromatic heterocycles. The van der Waals surface area contributed by atoms with Crippen LogP contribution in [0, 0.1) is 11.3 Å². The van der Waals surface area contributed by atoms with Crippen molar-refractivity contribution in [3.63, 3.8) is 0 Å². The summed E-state index contributed by atoms with van der Waals surface area (Å²) in [4.78, 5) is 0. The summed E-state index contributed by atoms with van der Waals surface area (Å²) in [5.41, 5.74) is 9.21. The third kappa shape index (κ3) is 3.70. The van der Waals surface area contributed by atoms with Crippen molar-refractivity contribution in [2.24, 2.45) is 5.73 Å². The molecular formula is C23H28N4O3. The summed E-state index contributed by atoms with van der Waals surface area (Å²) in [7, 11) is 1.63. The largest absolute Gasteiger partial charge is 0.493 e. The van der Waals surface area contributed by atoms with Crippen LogP contribution < -0.4 is 19.9 Å². The molecule has 30 heavy (non-hydrogen) atoms. The van der Waals surface area contributed by atoms with Crippen molar-refractivity contribution in [1.82, 2.24) is 10.2 Å². The van der Waals surface area contributed by atoms with Crippen LogP contribution in [0.3, 0.4) is 0 Å². The lowest BCUT2D eigenvalue weighted by molar-refractivity contribution is 0.200. The van der Waals surface area contributed by atoms with E-state index in [1.807, 2.05) is 18.2 Å². The average Bonchev–Trinajstić information content (AvgIpc) is 3.41. The number of nitriles is 1. The zero-order chi connectivity index (χ0) is 21.1. The fourth-order valence-corrected chi connectivity index (χ4v) is 4.33. The lowest BCUT2D eigenvalue weighted by Crippen LogP contribution is -2.21. The Morgan fingerprint density at radius 1 is 1.30 bits per heavy atom. The summed E-state index contributed by atoms with van der Waals surface area (Å²) >= 11 is 0. The number of aromatic amines is 1. The first kappa shape index (κ1) is 20.1. The average molecular weight is 409 g/mol. The second-order valence-corrected chi connectivity index (χ2v) is 7.88. The van der Waals surface area contributed by atoms with Crippen molar-refractivity contribution in [2.45, 2.75) is 63.9 Å². The van der Waals surface area contributed by atoms with Gasteiger partial charge in [-0.1, -0.05) is 19.4 Å². The monoisotopic (exact) mass is 408 g/mol. The van der Waals surface area contributed by atoms with Gasteiger partial charge in [-0.05, 0) is 56.2 Å². The van der Waals surface area contributed by atoms with Crippen LogP contribution in [0.5, 0.6) is 17.4 Å². The number of nitrogens with one attached hydrogen (secondary N) is 1. The topological polar surface area (TPSA) is 106 Å². The minimum atomic E-state index is -0.362. The molecule has 0 saturated heterocycles. The molecule has 2 aliphatic rings. The van der Waals surface area contributed by atoms with Gasteiger partial charge in [-0.25, -0.2) is 0 Å². The first-order valence-electron chi connectivity index (χ1n) is 10.7. The van der Waals surface area contributed by atoms with E-state index in [-0.39, 0.29) is 17.9 Å². The Bertz CT molecular complexity index is 983. The highest BCUT2D eigenvalue weighted by Gasteiger charge is 2.35. The van der Waals surface area contributed by atoms with Crippen LogP contribution in [0.2, 0.25) is 0 Å². The van der Waals surface area contributed by atoms with E-state index in [9.17, 15) is 5.26 Å². The van der Waals surface area contributed by atoms with Crippen LogP contribution in [0.25, 0.3) is 0 Å². The van der Waals surface area contributed by atoms with E-state index in [0.717, 1.165) is 54.7 Å². The maximum Gasteiger partial charge on any atom is 0.244 e. The van der Waals surface area contributed by atoms with Crippen LogP contribution in [0.15, 0.2) is 29.7 Å². The first-order valence-corrected chi connectivity index (χ1v) is 10.7. The SMILES string of the molecule is CCCCc1[nH]nc2c1[C@@H](c1ccc(OC3CCCC3)c(OC)c1)C(C#N)=C(N)O2. The number of hydrogen-bond acceptors (Lipinski definition) is 6. The maximum absolute atomic E-state index is 9.84. The molecule has 1 saturated carbocycles. The van der Waals surface area contributed by atoms with Crippen LogP contribution >= 0.6 is 0 Å². The third-order valence-electron chi connectivity index (χ3n) is 5.92. The molecule has 1 aliphatic heterocycles. The van der Waals surface area contributed by atoms with E-state index < -0.39 is 0 Å². The van der Waals surface area contributed by atoms with Gasteiger partial charge in [-0.3, -0.25) is 5.10 Å². The van der Waals surface area contributed by atoms with Crippen molar-refractivity contribution in [3.05, 3.63) is 46.5 Å². The van der Waals surface area contributed by atoms with Gasteiger partial charge in [0.2, 0.25) is 11.8 Å². The van der Waals surface area contributed by atoms with Gasteiger partial charge in [0, 0.05) is 11.3 Å². The van der Waals surface area contributed by atoms with Crippen LogP contribution in [-0.4, -0.2) is 23.4 Å². The van der Waals surface area contributed by atoms with Crippen LogP contribution in [0.4, 0.5) is 0 Å². The molecule has 0 spiro atoms. The van der Waals surface area contributed by atoms with E-state index in [2.05, 4.69) is 23.2 Å². The van der Waals surface area contributed by atoms with Gasteiger partial charge >= 0.3 is 0 Å². The highest BCUT2D eigenvalue weighted by Crippen LogP contribution is 2.45. The molecule has 1 atom stereocenters. The molecule has 4 rings (SSSR count). The van der Waals surface area contributed by atoms with E-state index in [1.54, 1.807) is 7.11 Å². The summed E-state index contributed by atoms with van der Waals surface area (Å²) < 4.78 is 17.5. The van der Waals surface area contributed by atoms with Crippen molar-refractivity contribution in [3.8, 4) is 23.4 Å². The molecule has 3 N–H and O–H groups in total.